The van der Waals surface area contributed by atoms with Crippen molar-refractivity contribution < 1.29 is 22.7 Å². The van der Waals surface area contributed by atoms with E-state index >= 15 is 0 Å². The SMILES string of the molecule is COc1ccc(Cl)cc1NC(=O)NCCCn1c(C(F)(F)F)nc2cccnc21. The van der Waals surface area contributed by atoms with Gasteiger partial charge in [0.1, 0.15) is 11.3 Å². The Morgan fingerprint density at radius 3 is 2.83 bits per heavy atom. The average Bonchev–Trinajstić information content (AvgIpc) is 3.05. The Labute approximate surface area is 168 Å². The summed E-state index contributed by atoms with van der Waals surface area (Å²) in [6.45, 7) is 0.127. The molecule has 0 saturated carbocycles. The third kappa shape index (κ3) is 4.89. The van der Waals surface area contributed by atoms with Crippen LogP contribution in [0.15, 0.2) is 36.5 Å². The van der Waals surface area contributed by atoms with Crippen LogP contribution in [0.1, 0.15) is 12.2 Å². The number of fused-ring (bicyclic) bond motifs is 1. The number of hydrogen-bond donors (Lipinski definition) is 2. The minimum absolute atomic E-state index is 0.0108. The molecule has 0 unspecified atom stereocenters. The molecule has 0 spiro atoms. The highest BCUT2D eigenvalue weighted by Gasteiger charge is 2.37. The summed E-state index contributed by atoms with van der Waals surface area (Å²) in [5.74, 6) is -0.588. The van der Waals surface area contributed by atoms with Crippen molar-refractivity contribution in [2.75, 3.05) is 19.0 Å². The van der Waals surface area contributed by atoms with Crippen molar-refractivity contribution in [3.8, 4) is 5.75 Å². The number of halogens is 4. The Bertz CT molecular complexity index is 1020. The number of urea groups is 1. The maximum atomic E-state index is 13.3. The maximum absolute atomic E-state index is 13.3. The lowest BCUT2D eigenvalue weighted by molar-refractivity contribution is -0.147. The lowest BCUT2D eigenvalue weighted by Gasteiger charge is -2.13. The highest BCUT2D eigenvalue weighted by molar-refractivity contribution is 6.31. The lowest BCUT2D eigenvalue weighted by Crippen LogP contribution is -2.30. The molecule has 7 nitrogen and oxygen atoms in total. The van der Waals surface area contributed by atoms with Gasteiger partial charge in [-0.1, -0.05) is 11.6 Å². The molecule has 0 aliphatic carbocycles. The van der Waals surface area contributed by atoms with E-state index in [4.69, 9.17) is 16.3 Å². The normalized spacial score (nSPS) is 11.5. The Kier molecular flexibility index (Phi) is 6.12. The molecule has 2 aromatic heterocycles. The van der Waals surface area contributed by atoms with Crippen molar-refractivity contribution in [3.05, 3.63) is 47.4 Å². The number of aryl methyl sites for hydroxylation is 1. The van der Waals surface area contributed by atoms with Crippen molar-refractivity contribution in [2.24, 2.45) is 0 Å². The van der Waals surface area contributed by atoms with Gasteiger partial charge in [-0.25, -0.2) is 14.8 Å². The molecule has 1 aromatic carbocycles. The van der Waals surface area contributed by atoms with Gasteiger partial charge in [-0.15, -0.1) is 0 Å². The average molecular weight is 428 g/mol. The zero-order valence-corrected chi connectivity index (χ0v) is 16.0. The molecular weight excluding hydrogens is 411 g/mol. The van der Waals surface area contributed by atoms with E-state index in [1.807, 2.05) is 0 Å². The second-order valence-corrected chi connectivity index (χ2v) is 6.45. The fourth-order valence-corrected chi connectivity index (χ4v) is 2.94. The van der Waals surface area contributed by atoms with Gasteiger partial charge in [-0.3, -0.25) is 0 Å². The molecule has 0 aliphatic heterocycles. The second kappa shape index (κ2) is 8.56. The third-order valence-electron chi connectivity index (χ3n) is 4.01. The van der Waals surface area contributed by atoms with E-state index in [1.165, 1.54) is 31.5 Å². The molecule has 3 rings (SSSR count). The minimum atomic E-state index is -4.60. The van der Waals surface area contributed by atoms with Gasteiger partial charge >= 0.3 is 12.2 Å². The number of carbonyl (C=O) groups excluding carboxylic acids is 1. The number of nitrogens with one attached hydrogen (secondary N) is 2. The number of nitrogens with zero attached hydrogens (tertiary/aromatic N) is 3. The number of anilines is 1. The zero-order valence-electron chi connectivity index (χ0n) is 15.3. The van der Waals surface area contributed by atoms with Crippen LogP contribution in [0.3, 0.4) is 0 Å². The van der Waals surface area contributed by atoms with E-state index in [0.717, 1.165) is 4.57 Å². The first-order chi connectivity index (χ1) is 13.8. The molecule has 11 heteroatoms. The van der Waals surface area contributed by atoms with Gasteiger partial charge < -0.3 is 19.9 Å². The van der Waals surface area contributed by atoms with Gasteiger partial charge in [0, 0.05) is 24.3 Å². The number of pyridine rings is 1. The highest BCUT2D eigenvalue weighted by atomic mass is 35.5. The van der Waals surface area contributed by atoms with Gasteiger partial charge in [0.15, 0.2) is 5.65 Å². The van der Waals surface area contributed by atoms with Gasteiger partial charge in [0.25, 0.3) is 0 Å². The van der Waals surface area contributed by atoms with Crippen LogP contribution in [0.5, 0.6) is 5.75 Å². The molecule has 2 heterocycles. The van der Waals surface area contributed by atoms with E-state index < -0.39 is 18.0 Å². The number of carbonyl (C=O) groups is 1. The minimum Gasteiger partial charge on any atom is -0.495 e. The summed E-state index contributed by atoms with van der Waals surface area (Å²) in [4.78, 5) is 19.7. The monoisotopic (exact) mass is 427 g/mol. The third-order valence-corrected chi connectivity index (χ3v) is 4.25. The lowest BCUT2D eigenvalue weighted by atomic mass is 10.3. The van der Waals surface area contributed by atoms with Crippen molar-refractivity contribution in [3.63, 3.8) is 0 Å². The van der Waals surface area contributed by atoms with Crippen molar-refractivity contribution in [1.29, 1.82) is 0 Å². The van der Waals surface area contributed by atoms with Crippen LogP contribution in [0.25, 0.3) is 11.2 Å². The quantitative estimate of drug-likeness (QED) is 0.574. The summed E-state index contributed by atoms with van der Waals surface area (Å²) >= 11 is 5.91. The number of imidazole rings is 1. The van der Waals surface area contributed by atoms with Crippen molar-refractivity contribution in [1.82, 2.24) is 19.9 Å². The molecule has 29 heavy (non-hydrogen) atoms. The first kappa shape index (κ1) is 20.7. The number of aromatic nitrogens is 3. The highest BCUT2D eigenvalue weighted by Crippen LogP contribution is 2.31. The molecule has 154 valence electrons. The fourth-order valence-electron chi connectivity index (χ4n) is 2.77. The van der Waals surface area contributed by atoms with Crippen molar-refractivity contribution in [2.45, 2.75) is 19.1 Å². The molecule has 0 saturated heterocycles. The van der Waals surface area contributed by atoms with Gasteiger partial charge in [-0.2, -0.15) is 13.2 Å². The second-order valence-electron chi connectivity index (χ2n) is 6.01. The van der Waals surface area contributed by atoms with Crippen LogP contribution >= 0.6 is 11.6 Å². The number of hydrogen-bond acceptors (Lipinski definition) is 4. The van der Waals surface area contributed by atoms with E-state index in [0.29, 0.717) is 16.5 Å². The smallest absolute Gasteiger partial charge is 0.449 e. The summed E-state index contributed by atoms with van der Waals surface area (Å²) in [6.07, 6.45) is -2.95. The van der Waals surface area contributed by atoms with Crippen LogP contribution < -0.4 is 15.4 Å². The largest absolute Gasteiger partial charge is 0.495 e. The molecular formula is C18H17ClF3N5O2. The van der Waals surface area contributed by atoms with E-state index in [-0.39, 0.29) is 30.7 Å². The topological polar surface area (TPSA) is 81.1 Å². The zero-order chi connectivity index (χ0) is 21.0. The predicted molar refractivity (Wildman–Crippen MR) is 102 cm³/mol. The number of methoxy groups -OCH3 is 1. The van der Waals surface area contributed by atoms with Crippen LogP contribution in [0.2, 0.25) is 5.02 Å². The van der Waals surface area contributed by atoms with Crippen molar-refractivity contribution >= 4 is 34.5 Å². The molecule has 0 aliphatic rings. The Morgan fingerprint density at radius 1 is 1.31 bits per heavy atom. The van der Waals surface area contributed by atoms with E-state index in [2.05, 4.69) is 20.6 Å². The number of ether oxygens (including phenoxy) is 1. The molecule has 0 bridgehead atoms. The molecule has 2 amide bonds. The first-order valence-corrected chi connectivity index (χ1v) is 8.94. The molecule has 0 atom stereocenters. The summed E-state index contributed by atoms with van der Waals surface area (Å²) in [7, 11) is 1.45. The van der Waals surface area contributed by atoms with Crippen LogP contribution in [0, 0.1) is 0 Å². The summed E-state index contributed by atoms with van der Waals surface area (Å²) in [5.41, 5.74) is 0.688. The summed E-state index contributed by atoms with van der Waals surface area (Å²) < 4.78 is 45.9. The summed E-state index contributed by atoms with van der Waals surface area (Å²) in [5, 5.41) is 5.59. The van der Waals surface area contributed by atoms with Gasteiger partial charge in [-0.05, 0) is 36.8 Å². The number of rotatable bonds is 6. The maximum Gasteiger partial charge on any atom is 0.449 e. The standard InChI is InChI=1S/C18H17ClF3N5O2/c1-29-14-6-5-11(19)10-13(14)26-17(28)24-8-3-9-27-15-12(4-2-7-23-15)25-16(27)18(20,21)22/h2,4-7,10H,3,8-9H2,1H3,(H2,24,26,28). The first-order valence-electron chi connectivity index (χ1n) is 8.56. The van der Waals surface area contributed by atoms with Crippen LogP contribution in [-0.2, 0) is 12.7 Å². The summed E-state index contributed by atoms with van der Waals surface area (Å²) in [6, 6.07) is 7.21. The Hall–Kier alpha value is -3.01. The van der Waals surface area contributed by atoms with E-state index in [9.17, 15) is 18.0 Å². The molecule has 0 fully saturated rings. The van der Waals surface area contributed by atoms with Gasteiger partial charge in [0.05, 0.1) is 12.8 Å². The fraction of sp³-hybridized carbons (Fsp3) is 0.278. The molecule has 0 radical (unpaired) electrons. The Morgan fingerprint density at radius 2 is 2.10 bits per heavy atom. The molecule has 2 N–H and O–H groups in total. The number of amides is 2. The predicted octanol–water partition coefficient (Wildman–Crippen LogP) is 4.32. The number of alkyl halides is 3. The van der Waals surface area contributed by atoms with E-state index in [1.54, 1.807) is 12.1 Å². The van der Waals surface area contributed by atoms with Crippen LogP contribution in [0.4, 0.5) is 23.7 Å². The number of benzene rings is 1. The van der Waals surface area contributed by atoms with Crippen LogP contribution in [-0.4, -0.2) is 34.2 Å². The molecule has 3 aromatic rings. The Balaban J connectivity index is 1.61. The van der Waals surface area contributed by atoms with Gasteiger partial charge in [0.2, 0.25) is 5.82 Å².